The number of aliphatic imine (C=N–C) groups is 1. The first kappa shape index (κ1) is 22.7. The van der Waals surface area contributed by atoms with Crippen LogP contribution >= 0.6 is 22.9 Å². The molecule has 0 saturated heterocycles. The Hall–Kier alpha value is -1.61. The Labute approximate surface area is 176 Å². The van der Waals surface area contributed by atoms with Gasteiger partial charge in [-0.05, 0) is 36.2 Å². The van der Waals surface area contributed by atoms with E-state index in [-0.39, 0.29) is 0 Å². The average Bonchev–Trinajstić information content (AvgIpc) is 3.15. The number of guanidine groups is 1. The largest absolute Gasteiger partial charge is 0.356 e. The molecule has 0 unspecified atom stereocenters. The van der Waals surface area contributed by atoms with Crippen molar-refractivity contribution in [1.29, 1.82) is 0 Å². The summed E-state index contributed by atoms with van der Waals surface area (Å²) in [5, 5.41) is 7.19. The second-order valence-electron chi connectivity index (χ2n) is 6.04. The molecular weight excluding hydrogens is 416 g/mol. The van der Waals surface area contributed by atoms with E-state index in [1.165, 1.54) is 15.6 Å². The summed E-state index contributed by atoms with van der Waals surface area (Å²) < 4.78 is 27.0. The highest BCUT2D eigenvalue weighted by molar-refractivity contribution is 7.91. The predicted molar refractivity (Wildman–Crippen MR) is 118 cm³/mol. The standard InChI is InChI=1S/C19H27ClN4O2S2/c1-4-24(5-2)28(25,26)18-10-9-17(27-18)11-12-22-19(21-3)23-14-15-7-6-8-16(20)13-15/h6-10,13H,4-5,11-12,14H2,1-3H3,(H2,21,22,23). The maximum Gasteiger partial charge on any atom is 0.252 e. The van der Waals surface area contributed by atoms with E-state index in [1.807, 2.05) is 44.2 Å². The van der Waals surface area contributed by atoms with Crippen LogP contribution < -0.4 is 10.6 Å². The van der Waals surface area contributed by atoms with Gasteiger partial charge in [0.2, 0.25) is 0 Å². The summed E-state index contributed by atoms with van der Waals surface area (Å²) in [4.78, 5) is 5.23. The lowest BCUT2D eigenvalue weighted by atomic mass is 10.2. The van der Waals surface area contributed by atoms with Crippen LogP contribution in [0, 0.1) is 0 Å². The molecule has 1 aromatic heterocycles. The number of hydrogen-bond acceptors (Lipinski definition) is 4. The van der Waals surface area contributed by atoms with E-state index in [1.54, 1.807) is 13.1 Å². The first-order valence-corrected chi connectivity index (χ1v) is 11.8. The fraction of sp³-hybridized carbons (Fsp3) is 0.421. The molecule has 1 aromatic carbocycles. The summed E-state index contributed by atoms with van der Waals surface area (Å²) in [6, 6.07) is 11.2. The van der Waals surface area contributed by atoms with Crippen molar-refractivity contribution in [3.63, 3.8) is 0 Å². The van der Waals surface area contributed by atoms with E-state index in [2.05, 4.69) is 15.6 Å². The first-order chi connectivity index (χ1) is 13.4. The second kappa shape index (κ2) is 10.8. The van der Waals surface area contributed by atoms with Crippen LogP contribution in [0.25, 0.3) is 0 Å². The number of thiophene rings is 1. The van der Waals surface area contributed by atoms with Gasteiger partial charge >= 0.3 is 0 Å². The molecule has 2 rings (SSSR count). The van der Waals surface area contributed by atoms with E-state index in [4.69, 9.17) is 11.6 Å². The number of benzene rings is 1. The van der Waals surface area contributed by atoms with Crippen molar-refractivity contribution < 1.29 is 8.42 Å². The summed E-state index contributed by atoms with van der Waals surface area (Å²) in [7, 11) is -1.67. The molecule has 2 aromatic rings. The van der Waals surface area contributed by atoms with Gasteiger partial charge in [0.05, 0.1) is 0 Å². The quantitative estimate of drug-likeness (QED) is 0.461. The van der Waals surface area contributed by atoms with Crippen molar-refractivity contribution in [3.05, 3.63) is 51.9 Å². The van der Waals surface area contributed by atoms with E-state index >= 15 is 0 Å². The van der Waals surface area contributed by atoms with Crippen molar-refractivity contribution >= 4 is 38.9 Å². The Morgan fingerprint density at radius 3 is 2.57 bits per heavy atom. The maximum absolute atomic E-state index is 12.6. The van der Waals surface area contributed by atoms with Crippen LogP contribution in [0.3, 0.4) is 0 Å². The summed E-state index contributed by atoms with van der Waals surface area (Å²) in [5.41, 5.74) is 1.07. The van der Waals surface area contributed by atoms with Crippen molar-refractivity contribution in [1.82, 2.24) is 14.9 Å². The molecule has 0 radical (unpaired) electrons. The number of hydrogen-bond donors (Lipinski definition) is 2. The molecule has 28 heavy (non-hydrogen) atoms. The third kappa shape index (κ3) is 6.20. The van der Waals surface area contributed by atoms with E-state index in [9.17, 15) is 8.42 Å². The third-order valence-electron chi connectivity index (χ3n) is 4.17. The topological polar surface area (TPSA) is 73.8 Å². The minimum atomic E-state index is -3.38. The molecule has 0 spiro atoms. The molecule has 0 aliphatic carbocycles. The molecule has 0 bridgehead atoms. The Kier molecular flexibility index (Phi) is 8.75. The molecule has 6 nitrogen and oxygen atoms in total. The van der Waals surface area contributed by atoms with Gasteiger partial charge in [-0.1, -0.05) is 37.6 Å². The summed E-state index contributed by atoms with van der Waals surface area (Å²) >= 11 is 7.32. The van der Waals surface area contributed by atoms with E-state index < -0.39 is 10.0 Å². The molecule has 2 N–H and O–H groups in total. The van der Waals surface area contributed by atoms with Gasteiger partial charge in [-0.15, -0.1) is 11.3 Å². The highest BCUT2D eigenvalue weighted by Crippen LogP contribution is 2.25. The highest BCUT2D eigenvalue weighted by atomic mass is 35.5. The minimum Gasteiger partial charge on any atom is -0.356 e. The average molecular weight is 443 g/mol. The van der Waals surface area contributed by atoms with Gasteiger partial charge in [0.25, 0.3) is 10.0 Å². The van der Waals surface area contributed by atoms with Crippen LogP contribution in [0.15, 0.2) is 45.6 Å². The van der Waals surface area contributed by atoms with Crippen molar-refractivity contribution in [2.75, 3.05) is 26.7 Å². The van der Waals surface area contributed by atoms with Crippen LogP contribution in [-0.4, -0.2) is 45.4 Å². The fourth-order valence-electron chi connectivity index (χ4n) is 2.68. The number of nitrogens with zero attached hydrogens (tertiary/aromatic N) is 2. The molecule has 0 amide bonds. The highest BCUT2D eigenvalue weighted by Gasteiger charge is 2.23. The molecule has 1 heterocycles. The van der Waals surface area contributed by atoms with Crippen LogP contribution in [-0.2, 0) is 23.0 Å². The SMILES string of the molecule is CCN(CC)S(=O)(=O)c1ccc(CCNC(=NC)NCc2cccc(Cl)c2)s1. The van der Waals surface area contributed by atoms with Crippen LogP contribution in [0.4, 0.5) is 0 Å². The van der Waals surface area contributed by atoms with Gasteiger partial charge in [-0.2, -0.15) is 4.31 Å². The number of rotatable bonds is 9. The molecule has 9 heteroatoms. The summed E-state index contributed by atoms with van der Waals surface area (Å²) in [5.74, 6) is 0.688. The Morgan fingerprint density at radius 1 is 1.18 bits per heavy atom. The predicted octanol–water partition coefficient (Wildman–Crippen LogP) is 3.34. The molecule has 0 saturated carbocycles. The summed E-state index contributed by atoms with van der Waals surface area (Å²) in [6.45, 7) is 5.92. The minimum absolute atomic E-state index is 0.398. The maximum atomic E-state index is 12.6. The zero-order chi connectivity index (χ0) is 20.6. The van der Waals surface area contributed by atoms with Gasteiger partial charge in [0, 0.05) is 43.1 Å². The van der Waals surface area contributed by atoms with E-state index in [0.717, 1.165) is 16.9 Å². The second-order valence-corrected chi connectivity index (χ2v) is 9.81. The van der Waals surface area contributed by atoms with Crippen molar-refractivity contribution in [3.8, 4) is 0 Å². The van der Waals surface area contributed by atoms with Crippen LogP contribution in [0.2, 0.25) is 5.02 Å². The summed E-state index contributed by atoms with van der Waals surface area (Å²) in [6.07, 6.45) is 0.719. The van der Waals surface area contributed by atoms with Gasteiger partial charge in [0.15, 0.2) is 5.96 Å². The van der Waals surface area contributed by atoms with Crippen molar-refractivity contribution in [2.45, 2.75) is 31.0 Å². The number of halogens is 1. The monoisotopic (exact) mass is 442 g/mol. The Balaban J connectivity index is 1.86. The van der Waals surface area contributed by atoms with Crippen LogP contribution in [0.1, 0.15) is 24.3 Å². The van der Waals surface area contributed by atoms with Gasteiger partial charge < -0.3 is 10.6 Å². The molecule has 0 aliphatic heterocycles. The first-order valence-electron chi connectivity index (χ1n) is 9.18. The van der Waals surface area contributed by atoms with E-state index in [0.29, 0.717) is 41.4 Å². The van der Waals surface area contributed by atoms with Gasteiger partial charge in [-0.3, -0.25) is 4.99 Å². The van der Waals surface area contributed by atoms with Gasteiger partial charge in [0.1, 0.15) is 4.21 Å². The zero-order valence-corrected chi connectivity index (χ0v) is 18.8. The normalized spacial score (nSPS) is 12.4. The third-order valence-corrected chi connectivity index (χ3v) is 8.07. The van der Waals surface area contributed by atoms with Crippen molar-refractivity contribution in [2.24, 2.45) is 4.99 Å². The zero-order valence-electron chi connectivity index (χ0n) is 16.4. The van der Waals surface area contributed by atoms with Crippen LogP contribution in [0.5, 0.6) is 0 Å². The smallest absolute Gasteiger partial charge is 0.252 e. The Bertz CT molecular complexity index is 893. The molecule has 0 fully saturated rings. The lowest BCUT2D eigenvalue weighted by Gasteiger charge is -2.16. The van der Waals surface area contributed by atoms with Gasteiger partial charge in [-0.25, -0.2) is 8.42 Å². The molecular formula is C19H27ClN4O2S2. The molecule has 0 aliphatic rings. The lowest BCUT2D eigenvalue weighted by Crippen LogP contribution is -2.37. The Morgan fingerprint density at radius 2 is 1.93 bits per heavy atom. The molecule has 154 valence electrons. The molecule has 0 atom stereocenters. The number of sulfonamides is 1. The fourth-order valence-corrected chi connectivity index (χ4v) is 5.86. The number of nitrogens with one attached hydrogen (secondary N) is 2. The lowest BCUT2D eigenvalue weighted by molar-refractivity contribution is 0.447.